The average Bonchev–Trinajstić information content (AvgIpc) is 1.80. The van der Waals surface area contributed by atoms with E-state index in [0.717, 1.165) is 13.1 Å². The van der Waals surface area contributed by atoms with Gasteiger partial charge in [-0.15, -0.1) is 0 Å². The van der Waals surface area contributed by atoms with Gasteiger partial charge in [0.25, 0.3) is 0 Å². The van der Waals surface area contributed by atoms with Gasteiger partial charge < -0.3 is 4.74 Å². The molecule has 0 spiro atoms. The SMILES string of the molecule is CCCN1CC(OC(C)(C)C)C1. The van der Waals surface area contributed by atoms with Crippen molar-refractivity contribution in [2.75, 3.05) is 19.6 Å². The van der Waals surface area contributed by atoms with E-state index in [1.807, 2.05) is 0 Å². The molecule has 0 aromatic carbocycles. The summed E-state index contributed by atoms with van der Waals surface area (Å²) in [5.74, 6) is 0. The van der Waals surface area contributed by atoms with Crippen LogP contribution >= 0.6 is 0 Å². The van der Waals surface area contributed by atoms with Crippen LogP contribution in [0.15, 0.2) is 0 Å². The third kappa shape index (κ3) is 3.11. The van der Waals surface area contributed by atoms with Gasteiger partial charge in [-0.05, 0) is 33.7 Å². The maximum Gasteiger partial charge on any atom is 0.0835 e. The highest BCUT2D eigenvalue weighted by Gasteiger charge is 2.29. The molecular formula is C10H21NO. The topological polar surface area (TPSA) is 12.5 Å². The smallest absolute Gasteiger partial charge is 0.0835 e. The molecule has 0 bridgehead atoms. The van der Waals surface area contributed by atoms with Crippen LogP contribution < -0.4 is 0 Å². The lowest BCUT2D eigenvalue weighted by Gasteiger charge is -2.42. The molecular weight excluding hydrogens is 150 g/mol. The Morgan fingerprint density at radius 3 is 2.33 bits per heavy atom. The molecule has 2 heteroatoms. The van der Waals surface area contributed by atoms with E-state index in [1.54, 1.807) is 0 Å². The second kappa shape index (κ2) is 3.75. The minimum Gasteiger partial charge on any atom is -0.370 e. The van der Waals surface area contributed by atoms with E-state index in [2.05, 4.69) is 32.6 Å². The quantitative estimate of drug-likeness (QED) is 0.643. The standard InChI is InChI=1S/C10H21NO/c1-5-6-11-7-9(8-11)12-10(2,3)4/h9H,5-8H2,1-4H3. The summed E-state index contributed by atoms with van der Waals surface area (Å²) < 4.78 is 5.81. The van der Waals surface area contributed by atoms with Crippen molar-refractivity contribution in [3.8, 4) is 0 Å². The lowest BCUT2D eigenvalue weighted by Crippen LogP contribution is -2.54. The predicted molar refractivity (Wildman–Crippen MR) is 51.4 cm³/mol. The fourth-order valence-electron chi connectivity index (χ4n) is 1.60. The van der Waals surface area contributed by atoms with Crippen LogP contribution in [0.3, 0.4) is 0 Å². The van der Waals surface area contributed by atoms with E-state index < -0.39 is 0 Å². The van der Waals surface area contributed by atoms with Gasteiger partial charge >= 0.3 is 0 Å². The Bertz CT molecular complexity index is 133. The molecule has 1 fully saturated rings. The lowest BCUT2D eigenvalue weighted by atomic mass is 10.1. The molecule has 0 saturated carbocycles. The Balaban J connectivity index is 2.10. The summed E-state index contributed by atoms with van der Waals surface area (Å²) >= 11 is 0. The van der Waals surface area contributed by atoms with Crippen LogP contribution in [0.4, 0.5) is 0 Å². The summed E-state index contributed by atoms with van der Waals surface area (Å²) in [6, 6.07) is 0. The van der Waals surface area contributed by atoms with Crippen LogP contribution in [-0.4, -0.2) is 36.2 Å². The number of rotatable bonds is 3. The van der Waals surface area contributed by atoms with Gasteiger partial charge in [-0.1, -0.05) is 6.92 Å². The van der Waals surface area contributed by atoms with Crippen LogP contribution in [0.25, 0.3) is 0 Å². The molecule has 0 unspecified atom stereocenters. The minimum absolute atomic E-state index is 0.0307. The molecule has 0 aromatic heterocycles. The summed E-state index contributed by atoms with van der Waals surface area (Å²) in [6.45, 7) is 12.1. The van der Waals surface area contributed by atoms with Crippen LogP contribution in [0.2, 0.25) is 0 Å². The summed E-state index contributed by atoms with van der Waals surface area (Å²) in [6.07, 6.45) is 1.74. The van der Waals surface area contributed by atoms with Crippen molar-refractivity contribution in [2.45, 2.75) is 45.8 Å². The molecule has 0 aliphatic carbocycles. The number of hydrogen-bond acceptors (Lipinski definition) is 2. The third-order valence-corrected chi connectivity index (χ3v) is 1.98. The first-order valence-electron chi connectivity index (χ1n) is 4.91. The van der Waals surface area contributed by atoms with Gasteiger partial charge in [0.1, 0.15) is 0 Å². The Kier molecular flexibility index (Phi) is 3.13. The molecule has 0 radical (unpaired) electrons. The minimum atomic E-state index is 0.0307. The second-order valence-electron chi connectivity index (χ2n) is 4.61. The van der Waals surface area contributed by atoms with Gasteiger partial charge in [0.2, 0.25) is 0 Å². The number of nitrogens with zero attached hydrogens (tertiary/aromatic N) is 1. The fourth-order valence-corrected chi connectivity index (χ4v) is 1.60. The summed E-state index contributed by atoms with van der Waals surface area (Å²) in [7, 11) is 0. The van der Waals surface area contributed by atoms with Crippen LogP contribution in [0.1, 0.15) is 34.1 Å². The highest BCUT2D eigenvalue weighted by Crippen LogP contribution is 2.18. The molecule has 0 N–H and O–H groups in total. The van der Waals surface area contributed by atoms with Crippen molar-refractivity contribution in [1.82, 2.24) is 4.90 Å². The molecule has 12 heavy (non-hydrogen) atoms. The summed E-state index contributed by atoms with van der Waals surface area (Å²) in [4.78, 5) is 2.44. The number of ether oxygens (including phenoxy) is 1. The molecule has 1 rings (SSSR count). The monoisotopic (exact) mass is 171 g/mol. The third-order valence-electron chi connectivity index (χ3n) is 1.98. The zero-order chi connectivity index (χ0) is 9.19. The van der Waals surface area contributed by atoms with Gasteiger partial charge in [0.05, 0.1) is 11.7 Å². The first-order chi connectivity index (χ1) is 5.51. The lowest BCUT2D eigenvalue weighted by molar-refractivity contribution is -0.123. The van der Waals surface area contributed by atoms with Crippen molar-refractivity contribution < 1.29 is 4.74 Å². The molecule has 0 aromatic rings. The molecule has 1 aliphatic heterocycles. The van der Waals surface area contributed by atoms with Gasteiger partial charge in [-0.3, -0.25) is 4.90 Å². The zero-order valence-electron chi connectivity index (χ0n) is 8.76. The van der Waals surface area contributed by atoms with E-state index in [-0.39, 0.29) is 5.60 Å². The fraction of sp³-hybridized carbons (Fsp3) is 1.00. The Morgan fingerprint density at radius 2 is 1.92 bits per heavy atom. The van der Waals surface area contributed by atoms with Crippen molar-refractivity contribution in [3.05, 3.63) is 0 Å². The molecule has 1 saturated heterocycles. The molecule has 1 aliphatic rings. The highest BCUT2D eigenvalue weighted by molar-refractivity contribution is 4.82. The number of hydrogen-bond donors (Lipinski definition) is 0. The van der Waals surface area contributed by atoms with E-state index in [4.69, 9.17) is 4.74 Å². The highest BCUT2D eigenvalue weighted by atomic mass is 16.5. The maximum atomic E-state index is 5.81. The Morgan fingerprint density at radius 1 is 1.33 bits per heavy atom. The van der Waals surface area contributed by atoms with E-state index in [1.165, 1.54) is 13.0 Å². The first kappa shape index (κ1) is 10.0. The molecule has 72 valence electrons. The van der Waals surface area contributed by atoms with E-state index >= 15 is 0 Å². The Labute approximate surface area is 75.9 Å². The van der Waals surface area contributed by atoms with Crippen LogP contribution in [0.5, 0.6) is 0 Å². The van der Waals surface area contributed by atoms with Crippen LogP contribution in [-0.2, 0) is 4.74 Å². The van der Waals surface area contributed by atoms with E-state index in [0.29, 0.717) is 6.10 Å². The molecule has 0 amide bonds. The normalized spacial score (nSPS) is 21.0. The second-order valence-corrected chi connectivity index (χ2v) is 4.61. The van der Waals surface area contributed by atoms with E-state index in [9.17, 15) is 0 Å². The van der Waals surface area contributed by atoms with Crippen molar-refractivity contribution in [3.63, 3.8) is 0 Å². The number of likely N-dealkylation sites (tertiary alicyclic amines) is 1. The Hall–Kier alpha value is -0.0800. The maximum absolute atomic E-state index is 5.81. The van der Waals surface area contributed by atoms with Crippen molar-refractivity contribution >= 4 is 0 Å². The van der Waals surface area contributed by atoms with Gasteiger partial charge in [-0.25, -0.2) is 0 Å². The zero-order valence-corrected chi connectivity index (χ0v) is 8.76. The van der Waals surface area contributed by atoms with Gasteiger partial charge in [0.15, 0.2) is 0 Å². The largest absolute Gasteiger partial charge is 0.370 e. The summed E-state index contributed by atoms with van der Waals surface area (Å²) in [5, 5.41) is 0. The average molecular weight is 171 g/mol. The van der Waals surface area contributed by atoms with Crippen molar-refractivity contribution in [2.24, 2.45) is 0 Å². The van der Waals surface area contributed by atoms with Gasteiger partial charge in [-0.2, -0.15) is 0 Å². The first-order valence-corrected chi connectivity index (χ1v) is 4.91. The molecule has 0 atom stereocenters. The molecule has 1 heterocycles. The van der Waals surface area contributed by atoms with Gasteiger partial charge in [0, 0.05) is 13.1 Å². The summed E-state index contributed by atoms with van der Waals surface area (Å²) in [5.41, 5.74) is 0.0307. The van der Waals surface area contributed by atoms with Crippen molar-refractivity contribution in [1.29, 1.82) is 0 Å². The van der Waals surface area contributed by atoms with Crippen LogP contribution in [0, 0.1) is 0 Å². The molecule has 2 nitrogen and oxygen atoms in total. The predicted octanol–water partition coefficient (Wildman–Crippen LogP) is 1.90.